The molecule has 1 heterocycles. The lowest BCUT2D eigenvalue weighted by Gasteiger charge is -2.44. The van der Waals surface area contributed by atoms with Crippen molar-refractivity contribution in [3.05, 3.63) is 79.5 Å². The summed E-state index contributed by atoms with van der Waals surface area (Å²) in [5.41, 5.74) is 5.50. The van der Waals surface area contributed by atoms with E-state index in [1.165, 1.54) is 12.1 Å². The van der Waals surface area contributed by atoms with E-state index in [4.69, 9.17) is 9.47 Å². The molecule has 0 saturated carbocycles. The van der Waals surface area contributed by atoms with Crippen molar-refractivity contribution in [1.82, 2.24) is 4.90 Å². The van der Waals surface area contributed by atoms with E-state index in [1.807, 2.05) is 12.1 Å². The lowest BCUT2D eigenvalue weighted by Crippen LogP contribution is -2.39. The number of hydrogen-bond donors (Lipinski definition) is 0. The first-order chi connectivity index (χ1) is 17.9. The zero-order chi connectivity index (χ0) is 26.1. The number of hydrogen-bond acceptors (Lipinski definition) is 5. The van der Waals surface area contributed by atoms with Crippen LogP contribution in [0.4, 0.5) is 4.39 Å². The van der Waals surface area contributed by atoms with Gasteiger partial charge in [-0.1, -0.05) is 19.1 Å². The van der Waals surface area contributed by atoms with Crippen LogP contribution in [0.3, 0.4) is 0 Å². The van der Waals surface area contributed by atoms with Crippen LogP contribution in [0.5, 0.6) is 11.5 Å². The monoisotopic (exact) mass is 615 g/mol. The second-order valence-electron chi connectivity index (χ2n) is 9.81. The quantitative estimate of drug-likeness (QED) is 0.320. The fourth-order valence-corrected chi connectivity index (χ4v) is 6.61. The largest absolute Gasteiger partial charge is 0.493 e. The Balaban J connectivity index is 1.59. The third kappa shape index (κ3) is 4.94. The third-order valence-electron chi connectivity index (χ3n) is 7.42. The zero-order valence-electron chi connectivity index (χ0n) is 21.2. The number of rotatable bonds is 7. The lowest BCUT2D eigenvalue weighted by atomic mass is 9.71. The highest BCUT2D eigenvalue weighted by Crippen LogP contribution is 2.50. The van der Waals surface area contributed by atoms with Crippen LogP contribution in [0.1, 0.15) is 68.9 Å². The van der Waals surface area contributed by atoms with Crippen molar-refractivity contribution in [3.63, 3.8) is 0 Å². The molecule has 37 heavy (non-hydrogen) atoms. The maximum absolute atomic E-state index is 13.4. The number of nitrogens with zero attached hydrogens (tertiary/aromatic N) is 1. The molecule has 0 saturated heterocycles. The highest BCUT2D eigenvalue weighted by Gasteiger charge is 2.43. The second kappa shape index (κ2) is 11.0. The molecule has 5 nitrogen and oxygen atoms in total. The Bertz CT molecular complexity index is 1250. The van der Waals surface area contributed by atoms with Crippen LogP contribution < -0.4 is 9.47 Å². The number of carbonyl (C=O) groups excluding carboxylic acids is 2. The Morgan fingerprint density at radius 1 is 0.973 bits per heavy atom. The van der Waals surface area contributed by atoms with Gasteiger partial charge < -0.3 is 14.4 Å². The summed E-state index contributed by atoms with van der Waals surface area (Å²) in [5.74, 6) is 0.754. The van der Waals surface area contributed by atoms with Crippen molar-refractivity contribution in [2.75, 3.05) is 13.7 Å². The van der Waals surface area contributed by atoms with Crippen molar-refractivity contribution in [1.29, 1.82) is 0 Å². The zero-order valence-corrected chi connectivity index (χ0v) is 23.4. The molecule has 3 aliphatic rings. The highest BCUT2D eigenvalue weighted by molar-refractivity contribution is 14.1. The predicted molar refractivity (Wildman–Crippen MR) is 148 cm³/mol. The van der Waals surface area contributed by atoms with Gasteiger partial charge in [-0.25, -0.2) is 4.39 Å². The summed E-state index contributed by atoms with van der Waals surface area (Å²) >= 11 is 2.23. The molecule has 0 amide bonds. The van der Waals surface area contributed by atoms with Gasteiger partial charge in [-0.3, -0.25) is 9.59 Å². The Hall–Kier alpha value is -2.68. The molecule has 0 unspecified atom stereocenters. The molecule has 0 bridgehead atoms. The number of carbonyl (C=O) groups is 2. The van der Waals surface area contributed by atoms with Gasteiger partial charge in [-0.2, -0.15) is 0 Å². The van der Waals surface area contributed by atoms with Crippen molar-refractivity contribution in [2.24, 2.45) is 0 Å². The number of ether oxygens (including phenoxy) is 2. The fourth-order valence-electron chi connectivity index (χ4n) is 5.83. The van der Waals surface area contributed by atoms with Crippen LogP contribution in [0.25, 0.3) is 0 Å². The molecule has 2 aromatic rings. The topological polar surface area (TPSA) is 55.8 Å². The molecule has 194 valence electrons. The van der Waals surface area contributed by atoms with E-state index in [9.17, 15) is 14.0 Å². The maximum Gasteiger partial charge on any atom is 0.174 e. The van der Waals surface area contributed by atoms with Gasteiger partial charge in [0.1, 0.15) is 12.4 Å². The molecule has 2 aromatic carbocycles. The number of ketones is 2. The molecule has 0 radical (unpaired) electrons. The van der Waals surface area contributed by atoms with Crippen LogP contribution in [-0.2, 0) is 16.2 Å². The summed E-state index contributed by atoms with van der Waals surface area (Å²) in [6, 6.07) is 10.1. The summed E-state index contributed by atoms with van der Waals surface area (Å²) in [6.07, 6.45) is 5.38. The molecule has 5 rings (SSSR count). The summed E-state index contributed by atoms with van der Waals surface area (Å²) in [4.78, 5) is 29.1. The van der Waals surface area contributed by atoms with Crippen LogP contribution in [0, 0.1) is 9.39 Å². The Kier molecular flexibility index (Phi) is 7.70. The van der Waals surface area contributed by atoms with E-state index in [1.54, 1.807) is 19.2 Å². The number of benzene rings is 2. The number of methoxy groups -OCH3 is 1. The average Bonchev–Trinajstić information content (AvgIpc) is 2.89. The van der Waals surface area contributed by atoms with Gasteiger partial charge in [-0.15, -0.1) is 0 Å². The van der Waals surface area contributed by atoms with Gasteiger partial charge in [0.2, 0.25) is 0 Å². The van der Waals surface area contributed by atoms with E-state index in [0.717, 1.165) is 75.9 Å². The lowest BCUT2D eigenvalue weighted by molar-refractivity contribution is -0.117. The first kappa shape index (κ1) is 25.9. The predicted octanol–water partition coefficient (Wildman–Crippen LogP) is 6.84. The molecule has 2 aliphatic carbocycles. The van der Waals surface area contributed by atoms with Gasteiger partial charge in [0.25, 0.3) is 0 Å². The minimum absolute atomic E-state index is 0.142. The third-order valence-corrected chi connectivity index (χ3v) is 8.22. The van der Waals surface area contributed by atoms with E-state index >= 15 is 0 Å². The van der Waals surface area contributed by atoms with Crippen molar-refractivity contribution in [3.8, 4) is 11.5 Å². The smallest absolute Gasteiger partial charge is 0.174 e. The van der Waals surface area contributed by atoms with Gasteiger partial charge in [0, 0.05) is 47.8 Å². The van der Waals surface area contributed by atoms with E-state index in [2.05, 4.69) is 34.4 Å². The van der Waals surface area contributed by atoms with E-state index in [-0.39, 0.29) is 29.9 Å². The maximum atomic E-state index is 13.4. The minimum Gasteiger partial charge on any atom is -0.493 e. The number of halogens is 2. The van der Waals surface area contributed by atoms with Gasteiger partial charge >= 0.3 is 0 Å². The molecular formula is C30H31FINO4. The van der Waals surface area contributed by atoms with Crippen LogP contribution >= 0.6 is 22.6 Å². The molecule has 7 heteroatoms. The Morgan fingerprint density at radius 3 is 2.16 bits per heavy atom. The minimum atomic E-state index is -0.382. The normalized spacial score (nSPS) is 18.2. The van der Waals surface area contributed by atoms with Crippen LogP contribution in [0.15, 0.2) is 58.9 Å². The molecule has 0 spiro atoms. The summed E-state index contributed by atoms with van der Waals surface area (Å²) < 4.78 is 26.0. The highest BCUT2D eigenvalue weighted by atomic mass is 127. The second-order valence-corrected chi connectivity index (χ2v) is 11.0. The first-order valence-corrected chi connectivity index (χ1v) is 14.1. The average molecular weight is 615 g/mol. The van der Waals surface area contributed by atoms with Gasteiger partial charge in [0.05, 0.1) is 10.7 Å². The standard InChI is InChI=1S/C30H31FINO4/c1-3-14-33-22-6-4-8-24(34)28(22)27(29-23(33)7-5-9-25(29)35)19-15-21(32)30(26(16-19)36-2)37-17-18-10-12-20(31)13-11-18/h10-13,15-16,27H,3-9,14,17H2,1-2H3. The van der Waals surface area contributed by atoms with Crippen molar-refractivity contribution < 1.29 is 23.5 Å². The van der Waals surface area contributed by atoms with Crippen molar-refractivity contribution >= 4 is 34.2 Å². The van der Waals surface area contributed by atoms with Gasteiger partial charge in [0.15, 0.2) is 23.1 Å². The Morgan fingerprint density at radius 2 is 1.59 bits per heavy atom. The molecule has 1 aliphatic heterocycles. The van der Waals surface area contributed by atoms with Crippen LogP contribution in [0.2, 0.25) is 0 Å². The molecule has 0 atom stereocenters. The molecule has 0 N–H and O–H groups in total. The van der Waals surface area contributed by atoms with E-state index < -0.39 is 0 Å². The van der Waals surface area contributed by atoms with E-state index in [0.29, 0.717) is 24.3 Å². The van der Waals surface area contributed by atoms with Crippen LogP contribution in [-0.4, -0.2) is 30.1 Å². The summed E-state index contributed by atoms with van der Waals surface area (Å²) in [6.45, 7) is 3.23. The Labute approximate surface area is 230 Å². The first-order valence-electron chi connectivity index (χ1n) is 13.0. The summed E-state index contributed by atoms with van der Waals surface area (Å²) in [5, 5.41) is 0. The van der Waals surface area contributed by atoms with Gasteiger partial charge in [-0.05, 0) is 90.1 Å². The molecule has 0 aromatic heterocycles. The molecular weight excluding hydrogens is 584 g/mol. The number of Topliss-reactive ketones (excluding diaryl/α,β-unsaturated/α-hetero) is 2. The van der Waals surface area contributed by atoms with Crippen molar-refractivity contribution in [2.45, 2.75) is 64.4 Å². The fraction of sp³-hybridized carbons (Fsp3) is 0.400. The SMILES string of the molecule is CCCN1C2=C(C(=O)CCC2)C(c2cc(I)c(OCc3ccc(F)cc3)c(OC)c2)C2=C1CCCC2=O. The number of allylic oxidation sites excluding steroid dienone is 4. The summed E-state index contributed by atoms with van der Waals surface area (Å²) in [7, 11) is 1.59. The molecule has 0 fully saturated rings.